The minimum atomic E-state index is -0.733. The van der Waals surface area contributed by atoms with Crippen LogP contribution >= 0.6 is 0 Å². The van der Waals surface area contributed by atoms with Crippen molar-refractivity contribution in [2.75, 3.05) is 0 Å². The molecule has 2 aromatic heterocycles. The van der Waals surface area contributed by atoms with Crippen molar-refractivity contribution in [2.24, 2.45) is 5.73 Å². The highest BCUT2D eigenvalue weighted by Gasteiger charge is 2.18. The molecule has 30 heavy (non-hydrogen) atoms. The van der Waals surface area contributed by atoms with E-state index in [2.05, 4.69) is 9.97 Å². The molecule has 3 N–H and O–H groups in total. The minimum Gasteiger partial charge on any atom is -0.456 e. The summed E-state index contributed by atoms with van der Waals surface area (Å²) in [5, 5.41) is 1.95. The SMILES string of the molecule is NC(=O)c1nc(-c2ccccc2)[nH]c(=O)c1Cc1ccc2oc3ccccc3c2c1. The Morgan fingerprint density at radius 3 is 2.47 bits per heavy atom. The standard InChI is InChI=1S/C24H17N3O3/c25-22(28)21-18(24(29)27-23(26-21)15-6-2-1-3-7-15)13-14-10-11-20-17(12-14)16-8-4-5-9-19(16)30-20/h1-12H,13H2,(H2,25,28)(H,26,27,29). The van der Waals surface area contributed by atoms with Gasteiger partial charge in [0.1, 0.15) is 22.7 Å². The molecular formula is C24H17N3O3. The van der Waals surface area contributed by atoms with Crippen LogP contribution < -0.4 is 11.3 Å². The van der Waals surface area contributed by atoms with Crippen LogP contribution in [0.3, 0.4) is 0 Å². The second kappa shape index (κ2) is 7.00. The Hall–Kier alpha value is -4.19. The summed E-state index contributed by atoms with van der Waals surface area (Å²) >= 11 is 0. The molecule has 5 rings (SSSR count). The molecule has 0 aliphatic carbocycles. The first-order chi connectivity index (χ1) is 14.6. The van der Waals surface area contributed by atoms with Crippen molar-refractivity contribution in [3.8, 4) is 11.4 Å². The lowest BCUT2D eigenvalue weighted by molar-refractivity contribution is 0.0994. The first kappa shape index (κ1) is 17.9. The number of nitrogens with two attached hydrogens (primary N) is 1. The van der Waals surface area contributed by atoms with E-state index in [0.717, 1.165) is 27.5 Å². The van der Waals surface area contributed by atoms with E-state index < -0.39 is 5.91 Å². The second-order valence-corrected chi connectivity index (χ2v) is 7.08. The molecule has 6 nitrogen and oxygen atoms in total. The van der Waals surface area contributed by atoms with Crippen molar-refractivity contribution in [1.29, 1.82) is 0 Å². The summed E-state index contributed by atoms with van der Waals surface area (Å²) in [5.74, 6) is -0.419. The van der Waals surface area contributed by atoms with Crippen LogP contribution in [-0.4, -0.2) is 15.9 Å². The summed E-state index contributed by atoms with van der Waals surface area (Å²) in [4.78, 5) is 32.1. The third kappa shape index (κ3) is 3.04. The van der Waals surface area contributed by atoms with Crippen molar-refractivity contribution in [2.45, 2.75) is 6.42 Å². The zero-order valence-corrected chi connectivity index (χ0v) is 15.9. The predicted molar refractivity (Wildman–Crippen MR) is 115 cm³/mol. The number of aromatic amines is 1. The number of nitrogens with zero attached hydrogens (tertiary/aromatic N) is 1. The van der Waals surface area contributed by atoms with Gasteiger partial charge in [-0.25, -0.2) is 4.98 Å². The lowest BCUT2D eigenvalue weighted by Gasteiger charge is -2.09. The summed E-state index contributed by atoms with van der Waals surface area (Å²) in [5.41, 5.74) is 8.54. The van der Waals surface area contributed by atoms with E-state index >= 15 is 0 Å². The molecule has 0 radical (unpaired) electrons. The fourth-order valence-corrected chi connectivity index (χ4v) is 3.69. The molecule has 3 aromatic carbocycles. The number of para-hydroxylation sites is 1. The Morgan fingerprint density at radius 2 is 1.67 bits per heavy atom. The summed E-state index contributed by atoms with van der Waals surface area (Å²) in [6.07, 6.45) is 0.227. The molecule has 0 atom stereocenters. The number of carbonyl (C=O) groups excluding carboxylic acids is 1. The Labute approximate surface area is 171 Å². The number of furan rings is 1. The highest BCUT2D eigenvalue weighted by atomic mass is 16.3. The molecular weight excluding hydrogens is 378 g/mol. The van der Waals surface area contributed by atoms with Crippen LogP contribution in [-0.2, 0) is 6.42 Å². The quantitative estimate of drug-likeness (QED) is 0.480. The summed E-state index contributed by atoms with van der Waals surface area (Å²) < 4.78 is 5.85. The van der Waals surface area contributed by atoms with Gasteiger partial charge in [0.15, 0.2) is 0 Å². The van der Waals surface area contributed by atoms with Crippen molar-refractivity contribution >= 4 is 27.8 Å². The van der Waals surface area contributed by atoms with E-state index in [1.165, 1.54) is 0 Å². The van der Waals surface area contributed by atoms with Gasteiger partial charge >= 0.3 is 0 Å². The molecule has 0 aliphatic rings. The van der Waals surface area contributed by atoms with E-state index in [1.807, 2.05) is 60.7 Å². The van der Waals surface area contributed by atoms with E-state index in [4.69, 9.17) is 10.2 Å². The lowest BCUT2D eigenvalue weighted by atomic mass is 10.0. The van der Waals surface area contributed by atoms with Gasteiger partial charge in [-0.05, 0) is 23.8 Å². The molecule has 1 amide bonds. The average Bonchev–Trinajstić information content (AvgIpc) is 3.13. The maximum atomic E-state index is 12.8. The molecule has 0 saturated heterocycles. The maximum Gasteiger partial charge on any atom is 0.267 e. The van der Waals surface area contributed by atoms with E-state index in [1.54, 1.807) is 12.1 Å². The van der Waals surface area contributed by atoms with Gasteiger partial charge in [-0.2, -0.15) is 0 Å². The van der Waals surface area contributed by atoms with Crippen LogP contribution in [0.15, 0.2) is 82.0 Å². The summed E-state index contributed by atoms with van der Waals surface area (Å²) in [6.45, 7) is 0. The Bertz CT molecular complexity index is 1470. The van der Waals surface area contributed by atoms with Crippen LogP contribution in [0.5, 0.6) is 0 Å². The monoisotopic (exact) mass is 395 g/mol. The fraction of sp³-hybridized carbons (Fsp3) is 0.0417. The number of hydrogen-bond donors (Lipinski definition) is 2. The number of fused-ring (bicyclic) bond motifs is 3. The molecule has 0 bridgehead atoms. The average molecular weight is 395 g/mol. The van der Waals surface area contributed by atoms with Gasteiger partial charge < -0.3 is 15.1 Å². The van der Waals surface area contributed by atoms with Crippen LogP contribution in [0.1, 0.15) is 21.6 Å². The van der Waals surface area contributed by atoms with Gasteiger partial charge in [0.2, 0.25) is 0 Å². The van der Waals surface area contributed by atoms with Crippen LogP contribution in [0.2, 0.25) is 0 Å². The van der Waals surface area contributed by atoms with Crippen LogP contribution in [0, 0.1) is 0 Å². The Kier molecular flexibility index (Phi) is 4.17. The van der Waals surface area contributed by atoms with Crippen molar-refractivity contribution in [3.05, 3.63) is 100.0 Å². The van der Waals surface area contributed by atoms with E-state index in [9.17, 15) is 9.59 Å². The third-order valence-electron chi connectivity index (χ3n) is 5.12. The first-order valence-electron chi connectivity index (χ1n) is 9.49. The summed E-state index contributed by atoms with van der Waals surface area (Å²) in [7, 11) is 0. The van der Waals surface area contributed by atoms with Crippen molar-refractivity contribution < 1.29 is 9.21 Å². The molecule has 0 unspecified atom stereocenters. The third-order valence-corrected chi connectivity index (χ3v) is 5.12. The molecule has 2 heterocycles. The highest BCUT2D eigenvalue weighted by Crippen LogP contribution is 2.29. The minimum absolute atomic E-state index is 0.0187. The Morgan fingerprint density at radius 1 is 0.933 bits per heavy atom. The Balaban J connectivity index is 1.61. The van der Waals surface area contributed by atoms with Crippen LogP contribution in [0.25, 0.3) is 33.3 Å². The number of rotatable bonds is 4. The largest absolute Gasteiger partial charge is 0.456 e. The van der Waals surface area contributed by atoms with Gasteiger partial charge in [0.05, 0.1) is 5.56 Å². The predicted octanol–water partition coefficient (Wildman–Crippen LogP) is 4.03. The number of primary amides is 1. The number of benzene rings is 3. The summed E-state index contributed by atoms with van der Waals surface area (Å²) in [6, 6.07) is 22.6. The van der Waals surface area contributed by atoms with E-state index in [-0.39, 0.29) is 23.2 Å². The normalized spacial score (nSPS) is 11.2. The number of carbonyl (C=O) groups is 1. The zero-order valence-electron chi connectivity index (χ0n) is 15.9. The first-order valence-corrected chi connectivity index (χ1v) is 9.49. The molecule has 6 heteroatoms. The van der Waals surface area contributed by atoms with Gasteiger partial charge in [0, 0.05) is 22.8 Å². The van der Waals surface area contributed by atoms with Crippen molar-refractivity contribution in [1.82, 2.24) is 9.97 Å². The van der Waals surface area contributed by atoms with Gasteiger partial charge in [0.25, 0.3) is 11.5 Å². The van der Waals surface area contributed by atoms with Crippen molar-refractivity contribution in [3.63, 3.8) is 0 Å². The topological polar surface area (TPSA) is 102 Å². The molecule has 0 aliphatic heterocycles. The zero-order chi connectivity index (χ0) is 20.7. The second-order valence-electron chi connectivity index (χ2n) is 7.08. The maximum absolute atomic E-state index is 12.8. The molecule has 5 aromatic rings. The highest BCUT2D eigenvalue weighted by molar-refractivity contribution is 6.05. The molecule has 0 fully saturated rings. The van der Waals surface area contributed by atoms with E-state index in [0.29, 0.717) is 11.4 Å². The number of hydrogen-bond acceptors (Lipinski definition) is 4. The molecule has 0 spiro atoms. The number of nitrogens with one attached hydrogen (secondary N) is 1. The molecule has 146 valence electrons. The van der Waals surface area contributed by atoms with Crippen LogP contribution in [0.4, 0.5) is 0 Å². The fourth-order valence-electron chi connectivity index (χ4n) is 3.69. The van der Waals surface area contributed by atoms with Gasteiger partial charge in [-0.1, -0.05) is 54.6 Å². The molecule has 0 saturated carbocycles. The lowest BCUT2D eigenvalue weighted by Crippen LogP contribution is -2.25. The van der Waals surface area contributed by atoms with Gasteiger partial charge in [-0.3, -0.25) is 9.59 Å². The smallest absolute Gasteiger partial charge is 0.267 e. The number of aromatic nitrogens is 2. The number of H-pyrrole nitrogens is 1. The number of amides is 1. The van der Waals surface area contributed by atoms with Gasteiger partial charge in [-0.15, -0.1) is 0 Å².